The molecule has 9 heteroatoms. The molecule has 0 bridgehead atoms. The molecule has 2 N–H and O–H groups in total. The maximum Gasteiger partial charge on any atom is 0.246 e. The van der Waals surface area contributed by atoms with Gasteiger partial charge < -0.3 is 15.2 Å². The van der Waals surface area contributed by atoms with Gasteiger partial charge in [0.1, 0.15) is 5.69 Å². The van der Waals surface area contributed by atoms with Gasteiger partial charge in [-0.25, -0.2) is 0 Å². The number of likely N-dealkylation sites (tertiary alicyclic amines) is 1. The first-order valence-corrected chi connectivity index (χ1v) is 10.6. The third kappa shape index (κ3) is 5.41. The lowest BCUT2D eigenvalue weighted by atomic mass is 10.1. The number of hydrogen-bond acceptors (Lipinski definition) is 7. The summed E-state index contributed by atoms with van der Waals surface area (Å²) in [4.78, 5) is 34.8. The Balaban J connectivity index is 1.28. The normalized spacial score (nSPS) is 21.5. The fraction of sp³-hybridized carbons (Fsp3) is 0.571. The van der Waals surface area contributed by atoms with Gasteiger partial charge in [-0.05, 0) is 43.7 Å². The monoisotopic (exact) mass is 412 g/mol. The van der Waals surface area contributed by atoms with E-state index in [2.05, 4.69) is 30.7 Å². The van der Waals surface area contributed by atoms with Crippen LogP contribution in [0.3, 0.4) is 0 Å². The van der Waals surface area contributed by atoms with Crippen molar-refractivity contribution in [2.45, 2.75) is 57.7 Å². The van der Waals surface area contributed by atoms with Crippen molar-refractivity contribution in [2.75, 3.05) is 13.1 Å². The highest BCUT2D eigenvalue weighted by molar-refractivity contribution is 5.76. The van der Waals surface area contributed by atoms with Crippen LogP contribution in [0.5, 0.6) is 0 Å². The van der Waals surface area contributed by atoms with Gasteiger partial charge in [0.15, 0.2) is 0 Å². The molecule has 30 heavy (non-hydrogen) atoms. The van der Waals surface area contributed by atoms with Crippen molar-refractivity contribution >= 4 is 11.8 Å². The standard InChI is InChI=1S/C21H28N6O3/c1-14(28)23-11-17-8-7-16(27(17)13-15-5-6-15)10-19(29)24-12-20-25-21(26-30-20)18-4-2-3-9-22-18/h2-4,9,15-17H,5-8,10-13H2,1H3,(H,23,28)(H,24,29)/t16-,17+/m1/s1. The summed E-state index contributed by atoms with van der Waals surface area (Å²) in [6.07, 6.45) is 6.60. The van der Waals surface area contributed by atoms with Crippen molar-refractivity contribution in [3.8, 4) is 11.5 Å². The van der Waals surface area contributed by atoms with Crippen LogP contribution in [-0.4, -0.2) is 57.0 Å². The van der Waals surface area contributed by atoms with E-state index in [4.69, 9.17) is 4.52 Å². The Labute approximate surface area is 175 Å². The van der Waals surface area contributed by atoms with E-state index >= 15 is 0 Å². The number of nitrogens with one attached hydrogen (secondary N) is 2. The van der Waals surface area contributed by atoms with Crippen LogP contribution in [0.4, 0.5) is 0 Å². The van der Waals surface area contributed by atoms with Crippen molar-refractivity contribution in [3.63, 3.8) is 0 Å². The number of amides is 2. The summed E-state index contributed by atoms with van der Waals surface area (Å²) in [6, 6.07) is 5.99. The van der Waals surface area contributed by atoms with E-state index in [-0.39, 0.29) is 24.4 Å². The predicted molar refractivity (Wildman–Crippen MR) is 109 cm³/mol. The number of rotatable bonds is 9. The van der Waals surface area contributed by atoms with Gasteiger partial charge in [-0.15, -0.1) is 0 Å². The van der Waals surface area contributed by atoms with E-state index in [0.29, 0.717) is 36.4 Å². The van der Waals surface area contributed by atoms with Crippen molar-refractivity contribution in [3.05, 3.63) is 30.3 Å². The van der Waals surface area contributed by atoms with Crippen LogP contribution in [-0.2, 0) is 16.1 Å². The lowest BCUT2D eigenvalue weighted by molar-refractivity contribution is -0.123. The molecule has 2 amide bonds. The van der Waals surface area contributed by atoms with E-state index < -0.39 is 0 Å². The molecule has 2 aromatic heterocycles. The molecule has 1 saturated carbocycles. The largest absolute Gasteiger partial charge is 0.355 e. The van der Waals surface area contributed by atoms with Crippen LogP contribution in [0.25, 0.3) is 11.5 Å². The minimum Gasteiger partial charge on any atom is -0.355 e. The molecule has 0 radical (unpaired) electrons. The smallest absolute Gasteiger partial charge is 0.246 e. The second-order valence-electron chi connectivity index (χ2n) is 8.17. The zero-order chi connectivity index (χ0) is 20.9. The number of nitrogens with zero attached hydrogens (tertiary/aromatic N) is 4. The van der Waals surface area contributed by atoms with Crippen LogP contribution >= 0.6 is 0 Å². The average Bonchev–Trinajstić information content (AvgIpc) is 3.30. The number of aromatic nitrogens is 3. The van der Waals surface area contributed by atoms with Crippen molar-refractivity contribution in [1.82, 2.24) is 30.7 Å². The Morgan fingerprint density at radius 2 is 2.00 bits per heavy atom. The molecule has 160 valence electrons. The summed E-state index contributed by atoms with van der Waals surface area (Å²) >= 11 is 0. The van der Waals surface area contributed by atoms with E-state index in [0.717, 1.165) is 25.3 Å². The van der Waals surface area contributed by atoms with Crippen LogP contribution in [0.2, 0.25) is 0 Å². The summed E-state index contributed by atoms with van der Waals surface area (Å²) in [5.74, 6) is 1.46. The third-order valence-electron chi connectivity index (χ3n) is 5.74. The molecule has 4 rings (SSSR count). The maximum atomic E-state index is 12.6. The fourth-order valence-electron chi connectivity index (χ4n) is 4.00. The van der Waals surface area contributed by atoms with Crippen molar-refractivity contribution < 1.29 is 14.1 Å². The molecule has 2 aromatic rings. The number of carbonyl (C=O) groups excluding carboxylic acids is 2. The minimum atomic E-state index is -0.0291. The number of carbonyl (C=O) groups is 2. The first kappa shape index (κ1) is 20.5. The van der Waals surface area contributed by atoms with Gasteiger partial charge in [-0.3, -0.25) is 19.5 Å². The summed E-state index contributed by atoms with van der Waals surface area (Å²) in [6.45, 7) is 3.41. The summed E-state index contributed by atoms with van der Waals surface area (Å²) in [5.41, 5.74) is 0.630. The van der Waals surface area contributed by atoms with Gasteiger partial charge in [-0.2, -0.15) is 4.98 Å². The van der Waals surface area contributed by atoms with Crippen LogP contribution < -0.4 is 10.6 Å². The molecule has 3 heterocycles. The molecule has 2 aliphatic rings. The molecule has 1 aliphatic carbocycles. The molecule has 2 fully saturated rings. The zero-order valence-corrected chi connectivity index (χ0v) is 17.2. The Morgan fingerprint density at radius 3 is 2.73 bits per heavy atom. The predicted octanol–water partition coefficient (Wildman–Crippen LogP) is 1.52. The summed E-state index contributed by atoms with van der Waals surface area (Å²) in [5, 5.41) is 9.75. The van der Waals surface area contributed by atoms with Crippen molar-refractivity contribution in [2.24, 2.45) is 5.92 Å². The number of pyridine rings is 1. The molecule has 2 atom stereocenters. The molecular formula is C21H28N6O3. The highest BCUT2D eigenvalue weighted by Gasteiger charge is 2.37. The topological polar surface area (TPSA) is 113 Å². The van der Waals surface area contributed by atoms with Crippen molar-refractivity contribution in [1.29, 1.82) is 0 Å². The summed E-state index contributed by atoms with van der Waals surface area (Å²) in [7, 11) is 0. The second kappa shape index (κ2) is 9.34. The van der Waals surface area contributed by atoms with Crippen LogP contribution in [0.15, 0.2) is 28.9 Å². The quantitative estimate of drug-likeness (QED) is 0.642. The van der Waals surface area contributed by atoms with Gasteiger partial charge in [0.05, 0.1) is 6.54 Å². The maximum absolute atomic E-state index is 12.6. The Kier molecular flexibility index (Phi) is 6.37. The van der Waals surface area contributed by atoms with E-state index in [9.17, 15) is 9.59 Å². The van der Waals surface area contributed by atoms with Gasteiger partial charge in [-0.1, -0.05) is 11.2 Å². The Morgan fingerprint density at radius 1 is 1.17 bits per heavy atom. The molecule has 1 aliphatic heterocycles. The van der Waals surface area contributed by atoms with Crippen LogP contribution in [0, 0.1) is 5.92 Å². The first-order chi connectivity index (χ1) is 14.6. The van der Waals surface area contributed by atoms with E-state index in [1.165, 1.54) is 12.8 Å². The number of hydrogen-bond donors (Lipinski definition) is 2. The lowest BCUT2D eigenvalue weighted by Gasteiger charge is -2.30. The fourth-order valence-corrected chi connectivity index (χ4v) is 4.00. The van der Waals surface area contributed by atoms with Gasteiger partial charge in [0.25, 0.3) is 0 Å². The average molecular weight is 412 g/mol. The summed E-state index contributed by atoms with van der Waals surface area (Å²) < 4.78 is 5.23. The SMILES string of the molecule is CC(=O)NC[C@@H]1CC[C@H](CC(=O)NCc2nc(-c3ccccn3)no2)N1CC1CC1. The minimum absolute atomic E-state index is 0.00723. The highest BCUT2D eigenvalue weighted by atomic mass is 16.5. The molecule has 0 unspecified atom stereocenters. The Bertz CT molecular complexity index is 867. The highest BCUT2D eigenvalue weighted by Crippen LogP contribution is 2.35. The zero-order valence-electron chi connectivity index (χ0n) is 17.2. The molecular weight excluding hydrogens is 384 g/mol. The first-order valence-electron chi connectivity index (χ1n) is 10.6. The Hall–Kier alpha value is -2.81. The van der Waals surface area contributed by atoms with E-state index in [1.54, 1.807) is 19.2 Å². The van der Waals surface area contributed by atoms with Gasteiger partial charge >= 0.3 is 0 Å². The molecule has 1 saturated heterocycles. The lowest BCUT2D eigenvalue weighted by Crippen LogP contribution is -2.45. The van der Waals surface area contributed by atoms with Gasteiger partial charge in [0.2, 0.25) is 23.5 Å². The molecule has 0 spiro atoms. The van der Waals surface area contributed by atoms with E-state index in [1.807, 2.05) is 12.1 Å². The second-order valence-corrected chi connectivity index (χ2v) is 8.17. The van der Waals surface area contributed by atoms with Crippen LogP contribution in [0.1, 0.15) is 44.9 Å². The third-order valence-corrected chi connectivity index (χ3v) is 5.74. The molecule has 9 nitrogen and oxygen atoms in total. The van der Waals surface area contributed by atoms with Gasteiger partial charge in [0, 0.05) is 44.7 Å². The molecule has 0 aromatic carbocycles.